The molecule has 0 unspecified atom stereocenters. The molecule has 2 aromatic rings. The summed E-state index contributed by atoms with van der Waals surface area (Å²) in [6.07, 6.45) is 1.54. The number of benzene rings is 1. The van der Waals surface area contributed by atoms with Crippen molar-refractivity contribution in [2.24, 2.45) is 5.41 Å². The first kappa shape index (κ1) is 24.0. The van der Waals surface area contributed by atoms with Gasteiger partial charge >= 0.3 is 0 Å². The maximum absolute atomic E-state index is 13.6. The molecule has 4 rings (SSSR count). The van der Waals surface area contributed by atoms with Gasteiger partial charge in [-0.3, -0.25) is 14.5 Å². The Balaban J connectivity index is 1.48. The molecular formula is C27H37N3O2S. The highest BCUT2D eigenvalue weighted by atomic mass is 32.1. The molecule has 0 bridgehead atoms. The largest absolute Gasteiger partial charge is 0.339 e. The molecule has 2 aliphatic rings. The normalized spacial score (nSPS) is 20.5. The van der Waals surface area contributed by atoms with Crippen LogP contribution in [-0.4, -0.2) is 65.3 Å². The fourth-order valence-corrected chi connectivity index (χ4v) is 6.04. The first-order valence-corrected chi connectivity index (χ1v) is 13.0. The van der Waals surface area contributed by atoms with Crippen molar-refractivity contribution in [2.45, 2.75) is 59.5 Å². The van der Waals surface area contributed by atoms with Gasteiger partial charge in [0.15, 0.2) is 0 Å². The first-order valence-electron chi connectivity index (χ1n) is 12.1. The fraction of sp³-hybridized carbons (Fsp3) is 0.556. The van der Waals surface area contributed by atoms with E-state index in [0.29, 0.717) is 32.6 Å². The Labute approximate surface area is 202 Å². The molecule has 2 aliphatic heterocycles. The molecule has 2 atom stereocenters. The van der Waals surface area contributed by atoms with Gasteiger partial charge in [0.2, 0.25) is 11.8 Å². The minimum absolute atomic E-state index is 0.0160. The highest BCUT2D eigenvalue weighted by Crippen LogP contribution is 2.40. The van der Waals surface area contributed by atoms with Crippen molar-refractivity contribution >= 4 is 23.2 Å². The molecule has 0 saturated carbocycles. The van der Waals surface area contributed by atoms with Crippen molar-refractivity contribution < 1.29 is 9.59 Å². The van der Waals surface area contributed by atoms with Crippen molar-refractivity contribution in [3.05, 3.63) is 57.3 Å². The number of amides is 2. The van der Waals surface area contributed by atoms with Gasteiger partial charge in [-0.15, -0.1) is 11.3 Å². The second kappa shape index (κ2) is 9.59. The lowest BCUT2D eigenvalue weighted by Crippen LogP contribution is -2.56. The van der Waals surface area contributed by atoms with Gasteiger partial charge in [-0.25, -0.2) is 0 Å². The third kappa shape index (κ3) is 5.17. The van der Waals surface area contributed by atoms with Crippen LogP contribution >= 0.6 is 11.3 Å². The van der Waals surface area contributed by atoms with E-state index in [0.717, 1.165) is 13.0 Å². The van der Waals surface area contributed by atoms with E-state index in [1.807, 2.05) is 21.1 Å². The van der Waals surface area contributed by atoms with Gasteiger partial charge in [0.05, 0.1) is 12.1 Å². The number of rotatable bonds is 4. The van der Waals surface area contributed by atoms with Crippen LogP contribution in [0.25, 0.3) is 0 Å². The lowest BCUT2D eigenvalue weighted by Gasteiger charge is -2.43. The third-order valence-electron chi connectivity index (χ3n) is 6.97. The summed E-state index contributed by atoms with van der Waals surface area (Å²) in [4.78, 5) is 33.9. The molecule has 1 aromatic heterocycles. The average Bonchev–Trinajstić information content (AvgIpc) is 3.26. The van der Waals surface area contributed by atoms with Gasteiger partial charge in [0, 0.05) is 44.0 Å². The summed E-state index contributed by atoms with van der Waals surface area (Å²) < 4.78 is 0. The molecule has 2 amide bonds. The van der Waals surface area contributed by atoms with Crippen LogP contribution in [0.5, 0.6) is 0 Å². The highest BCUT2D eigenvalue weighted by molar-refractivity contribution is 7.10. The van der Waals surface area contributed by atoms with Crippen LogP contribution in [0.2, 0.25) is 0 Å². The van der Waals surface area contributed by atoms with Gasteiger partial charge in [-0.2, -0.15) is 0 Å². The second-order valence-electron chi connectivity index (χ2n) is 10.7. The number of hydrogen-bond donors (Lipinski definition) is 0. The molecule has 0 aliphatic carbocycles. The van der Waals surface area contributed by atoms with E-state index < -0.39 is 0 Å². The topological polar surface area (TPSA) is 43.9 Å². The number of piperazine rings is 1. The second-order valence-corrected chi connectivity index (χ2v) is 11.7. The monoisotopic (exact) mass is 467 g/mol. The van der Waals surface area contributed by atoms with E-state index in [9.17, 15) is 9.59 Å². The molecule has 0 N–H and O–H groups in total. The van der Waals surface area contributed by atoms with Crippen LogP contribution in [0, 0.1) is 12.3 Å². The van der Waals surface area contributed by atoms with Crippen LogP contribution in [0.4, 0.5) is 0 Å². The molecule has 3 heterocycles. The van der Waals surface area contributed by atoms with Crippen molar-refractivity contribution in [3.8, 4) is 0 Å². The summed E-state index contributed by atoms with van der Waals surface area (Å²) >= 11 is 1.83. The minimum atomic E-state index is -0.209. The maximum atomic E-state index is 13.6. The molecule has 178 valence electrons. The zero-order valence-corrected chi connectivity index (χ0v) is 21.5. The summed E-state index contributed by atoms with van der Waals surface area (Å²) in [5.74, 6) is 0.374. The van der Waals surface area contributed by atoms with Crippen LogP contribution in [0.3, 0.4) is 0 Å². The summed E-state index contributed by atoms with van der Waals surface area (Å²) in [5, 5.41) is 2.18. The number of hydrogen-bond acceptors (Lipinski definition) is 4. The molecule has 0 spiro atoms. The van der Waals surface area contributed by atoms with E-state index in [-0.39, 0.29) is 29.3 Å². The Morgan fingerprint density at radius 3 is 2.33 bits per heavy atom. The predicted molar refractivity (Wildman–Crippen MR) is 134 cm³/mol. The summed E-state index contributed by atoms with van der Waals surface area (Å²) in [6.45, 7) is 13.9. The first-order chi connectivity index (χ1) is 15.7. The SMILES string of the molecule is Cc1ccccc1[C@H]1c2ccsc2CCN1[C@H](C)C(=O)N1CCN(C(=O)CC(C)(C)C)CC1. The number of aryl methyl sites for hydroxylation is 1. The van der Waals surface area contributed by atoms with E-state index in [4.69, 9.17) is 0 Å². The number of thiophene rings is 1. The maximum Gasteiger partial charge on any atom is 0.239 e. The molecule has 6 heteroatoms. The zero-order chi connectivity index (χ0) is 23.8. The molecule has 5 nitrogen and oxygen atoms in total. The van der Waals surface area contributed by atoms with E-state index in [2.05, 4.69) is 75.2 Å². The van der Waals surface area contributed by atoms with Crippen LogP contribution in [0.1, 0.15) is 61.7 Å². The summed E-state index contributed by atoms with van der Waals surface area (Å²) in [5.41, 5.74) is 3.88. The third-order valence-corrected chi connectivity index (χ3v) is 7.96. The highest BCUT2D eigenvalue weighted by Gasteiger charge is 2.38. The Morgan fingerprint density at radius 1 is 1.00 bits per heavy atom. The van der Waals surface area contributed by atoms with Gasteiger partial charge in [-0.1, -0.05) is 45.0 Å². The Morgan fingerprint density at radius 2 is 1.67 bits per heavy atom. The van der Waals surface area contributed by atoms with Gasteiger partial charge in [-0.05, 0) is 53.8 Å². The van der Waals surface area contributed by atoms with Crippen molar-refractivity contribution in [1.29, 1.82) is 0 Å². The number of fused-ring (bicyclic) bond motifs is 1. The minimum Gasteiger partial charge on any atom is -0.339 e. The van der Waals surface area contributed by atoms with Gasteiger partial charge in [0.1, 0.15) is 0 Å². The van der Waals surface area contributed by atoms with Gasteiger partial charge < -0.3 is 9.80 Å². The molecule has 1 saturated heterocycles. The van der Waals surface area contributed by atoms with Crippen molar-refractivity contribution in [3.63, 3.8) is 0 Å². The predicted octanol–water partition coefficient (Wildman–Crippen LogP) is 4.50. The number of carbonyl (C=O) groups excluding carboxylic acids is 2. The van der Waals surface area contributed by atoms with Crippen LogP contribution in [-0.2, 0) is 16.0 Å². The quantitative estimate of drug-likeness (QED) is 0.665. The summed E-state index contributed by atoms with van der Waals surface area (Å²) in [7, 11) is 0. The van der Waals surface area contributed by atoms with E-state index in [1.165, 1.54) is 21.6 Å². The standard InChI is InChI=1S/C27H37N3O2S/c1-19-8-6-7-9-21(19)25-22-11-17-33-23(22)10-12-30(25)20(2)26(32)29-15-13-28(14-16-29)24(31)18-27(3,4)5/h6-9,11,17,20,25H,10,12-16,18H2,1-5H3/t20-,25+/m1/s1. The summed E-state index contributed by atoms with van der Waals surface area (Å²) in [6, 6.07) is 10.7. The molecule has 1 fully saturated rings. The average molecular weight is 468 g/mol. The Bertz CT molecular complexity index is 1000. The van der Waals surface area contributed by atoms with Crippen LogP contribution in [0.15, 0.2) is 35.7 Å². The van der Waals surface area contributed by atoms with E-state index >= 15 is 0 Å². The lowest BCUT2D eigenvalue weighted by molar-refractivity contribution is -0.144. The van der Waals surface area contributed by atoms with E-state index in [1.54, 1.807) is 0 Å². The fourth-order valence-electron chi connectivity index (χ4n) is 5.14. The van der Waals surface area contributed by atoms with Crippen LogP contribution < -0.4 is 0 Å². The molecule has 1 aromatic carbocycles. The van der Waals surface area contributed by atoms with Crippen molar-refractivity contribution in [2.75, 3.05) is 32.7 Å². The molecular weight excluding hydrogens is 430 g/mol. The number of carbonyl (C=O) groups is 2. The van der Waals surface area contributed by atoms with Crippen molar-refractivity contribution in [1.82, 2.24) is 14.7 Å². The Kier molecular flexibility index (Phi) is 6.96. The number of nitrogens with zero attached hydrogens (tertiary/aromatic N) is 3. The lowest BCUT2D eigenvalue weighted by atomic mass is 9.89. The molecule has 0 radical (unpaired) electrons. The Hall–Kier alpha value is -2.18. The van der Waals surface area contributed by atoms with Gasteiger partial charge in [0.25, 0.3) is 0 Å². The smallest absolute Gasteiger partial charge is 0.239 e. The zero-order valence-electron chi connectivity index (χ0n) is 20.6. The molecule has 33 heavy (non-hydrogen) atoms.